The standard InChI is InChI=1S/C18H16ClF2NO4/c1-24-14-7-5-12(10-13(14)19)22-17(23)8-4-11-3-6-15(26-18(20)21)16(9-11)25-2/h3-10,18H,1-2H3,(H,22,23)/b8-4+. The minimum absolute atomic E-state index is 0.0861. The van der Waals surface area contributed by atoms with Crippen molar-refractivity contribution in [2.24, 2.45) is 0 Å². The zero-order valence-electron chi connectivity index (χ0n) is 14.0. The van der Waals surface area contributed by atoms with Gasteiger partial charge < -0.3 is 19.5 Å². The highest BCUT2D eigenvalue weighted by Crippen LogP contribution is 2.30. The summed E-state index contributed by atoms with van der Waals surface area (Å²) >= 11 is 6.00. The van der Waals surface area contributed by atoms with Gasteiger partial charge in [0.05, 0.1) is 19.2 Å². The number of halogens is 3. The highest BCUT2D eigenvalue weighted by Gasteiger charge is 2.10. The van der Waals surface area contributed by atoms with Crippen LogP contribution in [0.3, 0.4) is 0 Å². The van der Waals surface area contributed by atoms with Crippen molar-refractivity contribution in [3.05, 3.63) is 53.1 Å². The van der Waals surface area contributed by atoms with Gasteiger partial charge in [0, 0.05) is 11.8 Å². The van der Waals surface area contributed by atoms with E-state index in [0.717, 1.165) is 0 Å². The van der Waals surface area contributed by atoms with E-state index in [2.05, 4.69) is 10.1 Å². The Bertz CT molecular complexity index is 812. The van der Waals surface area contributed by atoms with E-state index in [9.17, 15) is 13.6 Å². The maximum atomic E-state index is 12.3. The van der Waals surface area contributed by atoms with Gasteiger partial charge in [-0.15, -0.1) is 0 Å². The lowest BCUT2D eigenvalue weighted by atomic mass is 10.2. The molecule has 0 aromatic heterocycles. The summed E-state index contributed by atoms with van der Waals surface area (Å²) in [4.78, 5) is 12.0. The Kier molecular flexibility index (Phi) is 6.80. The number of ether oxygens (including phenoxy) is 3. The van der Waals surface area contributed by atoms with E-state index in [1.807, 2.05) is 0 Å². The van der Waals surface area contributed by atoms with E-state index < -0.39 is 12.5 Å². The molecule has 26 heavy (non-hydrogen) atoms. The Labute approximate surface area is 154 Å². The number of anilines is 1. The Morgan fingerprint density at radius 2 is 1.77 bits per heavy atom. The number of benzene rings is 2. The topological polar surface area (TPSA) is 56.8 Å². The van der Waals surface area contributed by atoms with Crippen LogP contribution in [0.2, 0.25) is 5.02 Å². The van der Waals surface area contributed by atoms with Crippen LogP contribution in [-0.2, 0) is 4.79 Å². The van der Waals surface area contributed by atoms with Crippen molar-refractivity contribution in [1.29, 1.82) is 0 Å². The van der Waals surface area contributed by atoms with Crippen LogP contribution in [0.5, 0.6) is 17.2 Å². The summed E-state index contributed by atoms with van der Waals surface area (Å²) in [5, 5.41) is 3.02. The minimum Gasteiger partial charge on any atom is -0.495 e. The molecule has 138 valence electrons. The lowest BCUT2D eigenvalue weighted by Gasteiger charge is -2.10. The second kappa shape index (κ2) is 9.05. The maximum absolute atomic E-state index is 12.3. The van der Waals surface area contributed by atoms with Crippen LogP contribution in [0.4, 0.5) is 14.5 Å². The molecular formula is C18H16ClF2NO4. The number of alkyl halides is 2. The highest BCUT2D eigenvalue weighted by atomic mass is 35.5. The summed E-state index contributed by atoms with van der Waals surface area (Å²) in [6.07, 6.45) is 2.80. The number of nitrogens with one attached hydrogen (secondary N) is 1. The molecule has 0 saturated carbocycles. The van der Waals surface area contributed by atoms with Crippen LogP contribution in [0.25, 0.3) is 6.08 Å². The van der Waals surface area contributed by atoms with Gasteiger partial charge in [0.1, 0.15) is 5.75 Å². The molecule has 8 heteroatoms. The molecule has 1 N–H and O–H groups in total. The molecule has 0 heterocycles. The lowest BCUT2D eigenvalue weighted by Crippen LogP contribution is -2.07. The van der Waals surface area contributed by atoms with Gasteiger partial charge in [-0.3, -0.25) is 4.79 Å². The summed E-state index contributed by atoms with van der Waals surface area (Å²) in [6, 6.07) is 9.18. The smallest absolute Gasteiger partial charge is 0.387 e. The van der Waals surface area contributed by atoms with Crippen LogP contribution in [0.15, 0.2) is 42.5 Å². The van der Waals surface area contributed by atoms with Gasteiger partial charge in [0.15, 0.2) is 11.5 Å². The highest BCUT2D eigenvalue weighted by molar-refractivity contribution is 6.32. The average molecular weight is 384 g/mol. The summed E-state index contributed by atoms with van der Waals surface area (Å²) in [5.74, 6) is 0.156. The van der Waals surface area contributed by atoms with Crippen LogP contribution in [0.1, 0.15) is 5.56 Å². The Balaban J connectivity index is 2.06. The molecule has 1 amide bonds. The fourth-order valence-corrected chi connectivity index (χ4v) is 2.34. The van der Waals surface area contributed by atoms with Crippen molar-refractivity contribution >= 4 is 29.3 Å². The van der Waals surface area contributed by atoms with Gasteiger partial charge >= 0.3 is 6.61 Å². The van der Waals surface area contributed by atoms with Crippen molar-refractivity contribution in [3.63, 3.8) is 0 Å². The Hall–Kier alpha value is -2.80. The van der Waals surface area contributed by atoms with Crippen LogP contribution >= 0.6 is 11.6 Å². The third kappa shape index (κ3) is 5.35. The first kappa shape index (κ1) is 19.5. The Morgan fingerprint density at radius 3 is 2.38 bits per heavy atom. The van der Waals surface area contributed by atoms with Crippen LogP contribution in [-0.4, -0.2) is 26.7 Å². The monoisotopic (exact) mass is 383 g/mol. The quantitative estimate of drug-likeness (QED) is 0.709. The summed E-state index contributed by atoms with van der Waals surface area (Å²) in [6.45, 7) is -2.95. The first-order valence-electron chi connectivity index (χ1n) is 7.38. The van der Waals surface area contributed by atoms with Gasteiger partial charge in [0.2, 0.25) is 5.91 Å². The molecule has 0 bridgehead atoms. The second-order valence-corrected chi connectivity index (χ2v) is 5.37. The third-order valence-corrected chi connectivity index (χ3v) is 3.55. The molecule has 5 nitrogen and oxygen atoms in total. The predicted molar refractivity (Wildman–Crippen MR) is 95.3 cm³/mol. The Morgan fingerprint density at radius 1 is 1.08 bits per heavy atom. The van der Waals surface area contributed by atoms with Gasteiger partial charge in [-0.2, -0.15) is 8.78 Å². The number of hydrogen-bond acceptors (Lipinski definition) is 4. The van der Waals surface area contributed by atoms with Crippen molar-refractivity contribution in [2.75, 3.05) is 19.5 Å². The first-order chi connectivity index (χ1) is 12.4. The molecular weight excluding hydrogens is 368 g/mol. The molecule has 0 unspecified atom stereocenters. The van der Waals surface area contributed by atoms with E-state index in [0.29, 0.717) is 22.0 Å². The van der Waals surface area contributed by atoms with E-state index in [1.165, 1.54) is 44.6 Å². The third-order valence-electron chi connectivity index (χ3n) is 3.25. The molecule has 0 spiro atoms. The molecule has 0 atom stereocenters. The zero-order valence-corrected chi connectivity index (χ0v) is 14.7. The normalized spacial score (nSPS) is 10.8. The average Bonchev–Trinajstić information content (AvgIpc) is 2.60. The summed E-state index contributed by atoms with van der Waals surface area (Å²) in [7, 11) is 2.83. The van der Waals surface area contributed by atoms with Crippen molar-refractivity contribution in [3.8, 4) is 17.2 Å². The van der Waals surface area contributed by atoms with Crippen LogP contribution in [0, 0.1) is 0 Å². The molecule has 2 aromatic rings. The number of carbonyl (C=O) groups excluding carboxylic acids is 1. The molecule has 0 aliphatic carbocycles. The molecule has 2 rings (SSSR count). The van der Waals surface area contributed by atoms with Crippen molar-refractivity contribution in [1.82, 2.24) is 0 Å². The number of amides is 1. The van der Waals surface area contributed by atoms with E-state index in [-0.39, 0.29) is 11.5 Å². The summed E-state index contributed by atoms with van der Waals surface area (Å²) < 4.78 is 39.0. The number of methoxy groups -OCH3 is 2. The van der Waals surface area contributed by atoms with Crippen LogP contribution < -0.4 is 19.5 Å². The van der Waals surface area contributed by atoms with E-state index in [4.69, 9.17) is 21.1 Å². The van der Waals surface area contributed by atoms with Crippen molar-refractivity contribution < 1.29 is 27.8 Å². The number of carbonyl (C=O) groups is 1. The molecule has 2 aromatic carbocycles. The predicted octanol–water partition coefficient (Wildman–Crippen LogP) is 4.61. The number of rotatable bonds is 7. The van der Waals surface area contributed by atoms with Gasteiger partial charge in [-0.1, -0.05) is 17.7 Å². The van der Waals surface area contributed by atoms with Crippen molar-refractivity contribution in [2.45, 2.75) is 6.61 Å². The molecule has 0 aliphatic heterocycles. The first-order valence-corrected chi connectivity index (χ1v) is 7.76. The second-order valence-electron chi connectivity index (χ2n) is 4.96. The van der Waals surface area contributed by atoms with Gasteiger partial charge in [0.25, 0.3) is 0 Å². The molecule has 0 aliphatic rings. The SMILES string of the molecule is COc1ccc(NC(=O)/C=C/c2ccc(OC(F)F)c(OC)c2)cc1Cl. The minimum atomic E-state index is -2.95. The maximum Gasteiger partial charge on any atom is 0.387 e. The fraction of sp³-hybridized carbons (Fsp3) is 0.167. The number of hydrogen-bond donors (Lipinski definition) is 1. The molecule has 0 fully saturated rings. The largest absolute Gasteiger partial charge is 0.495 e. The summed E-state index contributed by atoms with van der Waals surface area (Å²) in [5.41, 5.74) is 1.08. The fourth-order valence-electron chi connectivity index (χ4n) is 2.08. The lowest BCUT2D eigenvalue weighted by molar-refractivity contribution is -0.111. The van der Waals surface area contributed by atoms with Gasteiger partial charge in [-0.25, -0.2) is 0 Å². The van der Waals surface area contributed by atoms with E-state index in [1.54, 1.807) is 18.2 Å². The van der Waals surface area contributed by atoms with Gasteiger partial charge in [-0.05, 0) is 42.0 Å². The zero-order chi connectivity index (χ0) is 19.1. The molecule has 0 saturated heterocycles. The van der Waals surface area contributed by atoms with E-state index >= 15 is 0 Å². The molecule has 0 radical (unpaired) electrons.